The van der Waals surface area contributed by atoms with Crippen LogP contribution in [0.4, 0.5) is 0 Å². The lowest BCUT2D eigenvalue weighted by atomic mass is 9.89. The molecule has 1 saturated heterocycles. The lowest BCUT2D eigenvalue weighted by Gasteiger charge is -2.39. The van der Waals surface area contributed by atoms with E-state index < -0.39 is 21.2 Å². The molecule has 1 aliphatic carbocycles. The summed E-state index contributed by atoms with van der Waals surface area (Å²) in [5, 5.41) is 8.25. The Labute approximate surface area is 180 Å². The quantitative estimate of drug-likeness (QED) is 0.634. The molecular formula is C23H34N2O4S. The minimum absolute atomic E-state index is 0.193. The average Bonchev–Trinajstić information content (AvgIpc) is 2.71. The molecule has 0 bridgehead atoms. The van der Waals surface area contributed by atoms with Gasteiger partial charge in [-0.1, -0.05) is 37.5 Å². The number of carboxylic acids is 1. The van der Waals surface area contributed by atoms with Crippen LogP contribution in [0.1, 0.15) is 43.2 Å². The minimum Gasteiger partial charge on any atom is -0.481 e. The molecule has 1 aliphatic heterocycles. The molecule has 2 aliphatic rings. The number of piperazine rings is 1. The highest BCUT2D eigenvalue weighted by Crippen LogP contribution is 2.27. The molecule has 3 rings (SSSR count). The van der Waals surface area contributed by atoms with Gasteiger partial charge in [-0.25, -0.2) is 8.42 Å². The van der Waals surface area contributed by atoms with Crippen LogP contribution in [0.2, 0.25) is 0 Å². The van der Waals surface area contributed by atoms with Crippen molar-refractivity contribution >= 4 is 15.8 Å². The Morgan fingerprint density at radius 1 is 1.20 bits per heavy atom. The summed E-state index contributed by atoms with van der Waals surface area (Å²) in [5.41, 5.74) is 1.12. The SMILES string of the molecule is C=CC(N1CCN(CC2CCCCC2)CC1)S(=O)(=O)c1cc(CC(=O)O)ccc1C. The van der Waals surface area contributed by atoms with E-state index in [1.807, 2.05) is 4.90 Å². The Balaban J connectivity index is 1.69. The van der Waals surface area contributed by atoms with Gasteiger partial charge in [0.1, 0.15) is 5.37 Å². The summed E-state index contributed by atoms with van der Waals surface area (Å²) in [6.07, 6.45) is 7.97. The molecular weight excluding hydrogens is 400 g/mol. The Morgan fingerprint density at radius 3 is 2.47 bits per heavy atom. The lowest BCUT2D eigenvalue weighted by Crippen LogP contribution is -2.52. The molecule has 1 atom stereocenters. The van der Waals surface area contributed by atoms with E-state index in [9.17, 15) is 13.2 Å². The van der Waals surface area contributed by atoms with Gasteiger partial charge in [0, 0.05) is 32.7 Å². The molecule has 0 spiro atoms. The van der Waals surface area contributed by atoms with Crippen molar-refractivity contribution in [2.24, 2.45) is 5.92 Å². The normalized spacial score (nSPS) is 20.7. The predicted octanol–water partition coefficient (Wildman–Crippen LogP) is 3.11. The third-order valence-electron chi connectivity index (χ3n) is 6.44. The fourth-order valence-corrected chi connectivity index (χ4v) is 6.72. The number of hydrogen-bond donors (Lipinski definition) is 1. The van der Waals surface area contributed by atoms with Crippen LogP contribution in [0.3, 0.4) is 0 Å². The Bertz CT molecular complexity index is 854. The molecule has 0 radical (unpaired) electrons. The van der Waals surface area contributed by atoms with Gasteiger partial charge in [0.25, 0.3) is 0 Å². The van der Waals surface area contributed by atoms with Crippen molar-refractivity contribution in [2.75, 3.05) is 32.7 Å². The molecule has 30 heavy (non-hydrogen) atoms. The maximum Gasteiger partial charge on any atom is 0.307 e. The van der Waals surface area contributed by atoms with Gasteiger partial charge in [0.2, 0.25) is 0 Å². The van der Waals surface area contributed by atoms with Crippen LogP contribution in [0.25, 0.3) is 0 Å². The van der Waals surface area contributed by atoms with Crippen molar-refractivity contribution in [1.82, 2.24) is 9.80 Å². The molecule has 0 aromatic heterocycles. The largest absolute Gasteiger partial charge is 0.481 e. The fourth-order valence-electron chi connectivity index (χ4n) is 4.77. The van der Waals surface area contributed by atoms with Crippen LogP contribution >= 0.6 is 0 Å². The molecule has 166 valence electrons. The maximum absolute atomic E-state index is 13.4. The zero-order chi connectivity index (χ0) is 21.7. The van der Waals surface area contributed by atoms with E-state index in [4.69, 9.17) is 5.11 Å². The number of carbonyl (C=O) groups is 1. The average molecular weight is 435 g/mol. The third-order valence-corrected chi connectivity index (χ3v) is 8.62. The summed E-state index contributed by atoms with van der Waals surface area (Å²) in [4.78, 5) is 15.7. The number of rotatable bonds is 8. The summed E-state index contributed by atoms with van der Waals surface area (Å²) >= 11 is 0. The van der Waals surface area contributed by atoms with Crippen LogP contribution in [0.5, 0.6) is 0 Å². The molecule has 6 nitrogen and oxygen atoms in total. The lowest BCUT2D eigenvalue weighted by molar-refractivity contribution is -0.136. The minimum atomic E-state index is -3.69. The second kappa shape index (κ2) is 10.1. The highest BCUT2D eigenvalue weighted by Gasteiger charge is 2.34. The van der Waals surface area contributed by atoms with Crippen molar-refractivity contribution in [3.63, 3.8) is 0 Å². The first kappa shape index (κ1) is 23.0. The second-order valence-corrected chi connectivity index (χ2v) is 10.7. The number of aryl methyl sites for hydroxylation is 1. The van der Waals surface area contributed by atoms with Gasteiger partial charge in [-0.3, -0.25) is 9.69 Å². The number of nitrogens with zero attached hydrogens (tertiary/aromatic N) is 2. The van der Waals surface area contributed by atoms with E-state index in [2.05, 4.69) is 11.5 Å². The van der Waals surface area contributed by atoms with Crippen molar-refractivity contribution in [2.45, 2.75) is 55.7 Å². The van der Waals surface area contributed by atoms with Gasteiger partial charge < -0.3 is 10.0 Å². The molecule has 1 saturated carbocycles. The molecule has 1 unspecified atom stereocenters. The number of sulfone groups is 1. The Hall–Kier alpha value is -1.70. The number of aliphatic carboxylic acids is 1. The van der Waals surface area contributed by atoms with E-state index in [0.717, 1.165) is 25.6 Å². The molecule has 1 aromatic rings. The van der Waals surface area contributed by atoms with E-state index in [1.54, 1.807) is 19.1 Å². The maximum atomic E-state index is 13.4. The van der Waals surface area contributed by atoms with Crippen LogP contribution in [-0.4, -0.2) is 67.4 Å². The first-order valence-electron chi connectivity index (χ1n) is 11.0. The summed E-state index contributed by atoms with van der Waals surface area (Å²) in [6, 6.07) is 4.87. The standard InChI is InChI=1S/C23H34N2O4S/c1-3-22(25-13-11-24(12-14-25)17-19-7-5-4-6-8-19)30(28,29)21-15-20(16-23(26)27)10-9-18(21)2/h3,9-10,15,19,22H,1,4-8,11-14,16-17H2,2H3,(H,26,27). The summed E-state index contributed by atoms with van der Waals surface area (Å²) < 4.78 is 26.9. The zero-order valence-electron chi connectivity index (χ0n) is 17.9. The highest BCUT2D eigenvalue weighted by molar-refractivity contribution is 7.92. The van der Waals surface area contributed by atoms with Gasteiger partial charge >= 0.3 is 5.97 Å². The highest BCUT2D eigenvalue weighted by atomic mass is 32.2. The van der Waals surface area contributed by atoms with Gasteiger partial charge in [-0.2, -0.15) is 0 Å². The zero-order valence-corrected chi connectivity index (χ0v) is 18.7. The van der Waals surface area contributed by atoms with Gasteiger partial charge in [0.15, 0.2) is 9.84 Å². The first-order chi connectivity index (χ1) is 14.3. The topological polar surface area (TPSA) is 77.9 Å². The van der Waals surface area contributed by atoms with Crippen molar-refractivity contribution in [3.8, 4) is 0 Å². The Kier molecular flexibility index (Phi) is 7.71. The van der Waals surface area contributed by atoms with E-state index in [0.29, 0.717) is 24.2 Å². The third kappa shape index (κ3) is 5.50. The molecule has 1 N–H and O–H groups in total. The fraction of sp³-hybridized carbons (Fsp3) is 0.609. The van der Waals surface area contributed by atoms with Gasteiger partial charge in [-0.15, -0.1) is 6.58 Å². The van der Waals surface area contributed by atoms with Gasteiger partial charge in [0.05, 0.1) is 11.3 Å². The molecule has 0 amide bonds. The van der Waals surface area contributed by atoms with E-state index in [-0.39, 0.29) is 11.3 Å². The second-order valence-electron chi connectivity index (χ2n) is 8.68. The van der Waals surface area contributed by atoms with Crippen molar-refractivity contribution in [3.05, 3.63) is 42.0 Å². The predicted molar refractivity (Wildman–Crippen MR) is 118 cm³/mol. The van der Waals surface area contributed by atoms with Crippen LogP contribution in [-0.2, 0) is 21.1 Å². The van der Waals surface area contributed by atoms with Crippen molar-refractivity contribution in [1.29, 1.82) is 0 Å². The molecule has 7 heteroatoms. The monoisotopic (exact) mass is 434 g/mol. The molecule has 2 fully saturated rings. The number of carboxylic acid groups (broad SMARTS) is 1. The van der Waals surface area contributed by atoms with E-state index in [1.165, 1.54) is 44.2 Å². The van der Waals surface area contributed by atoms with Crippen LogP contribution < -0.4 is 0 Å². The first-order valence-corrected chi connectivity index (χ1v) is 12.5. The summed E-state index contributed by atoms with van der Waals surface area (Å²) in [7, 11) is -3.69. The number of benzene rings is 1. The molecule has 1 aromatic carbocycles. The Morgan fingerprint density at radius 2 is 1.87 bits per heavy atom. The summed E-state index contributed by atoms with van der Waals surface area (Å²) in [5.74, 6) is -0.194. The smallest absolute Gasteiger partial charge is 0.307 e. The van der Waals surface area contributed by atoms with Crippen LogP contribution in [0.15, 0.2) is 35.7 Å². The number of hydrogen-bond acceptors (Lipinski definition) is 5. The van der Waals surface area contributed by atoms with Crippen LogP contribution in [0, 0.1) is 12.8 Å². The van der Waals surface area contributed by atoms with E-state index >= 15 is 0 Å². The summed E-state index contributed by atoms with van der Waals surface area (Å²) in [6.45, 7) is 9.80. The van der Waals surface area contributed by atoms with Gasteiger partial charge in [-0.05, 0) is 42.9 Å². The molecule has 1 heterocycles. The van der Waals surface area contributed by atoms with Crippen molar-refractivity contribution < 1.29 is 18.3 Å².